The summed E-state index contributed by atoms with van der Waals surface area (Å²) in [7, 11) is -3.76. The van der Waals surface area contributed by atoms with E-state index in [0.29, 0.717) is 12.0 Å². The molecule has 0 aliphatic rings. The third-order valence-electron chi connectivity index (χ3n) is 4.99. The molecule has 4 nitrogen and oxygen atoms in total. The summed E-state index contributed by atoms with van der Waals surface area (Å²) in [5.41, 5.74) is 0.431. The topological polar surface area (TPSA) is 77.2 Å². The van der Waals surface area contributed by atoms with Crippen LogP contribution in [0.3, 0.4) is 0 Å². The summed E-state index contributed by atoms with van der Waals surface area (Å²) in [5, 5.41) is 5.11. The zero-order valence-corrected chi connectivity index (χ0v) is 17.7. The van der Waals surface area contributed by atoms with Gasteiger partial charge in [0, 0.05) is 12.0 Å². The average molecular weight is 396 g/mol. The van der Waals surface area contributed by atoms with E-state index in [1.54, 1.807) is 12.1 Å². The first-order chi connectivity index (χ1) is 12.9. The molecule has 0 saturated carbocycles. The monoisotopic (exact) mass is 395 g/mol. The van der Waals surface area contributed by atoms with Crippen LogP contribution in [0.1, 0.15) is 107 Å². The van der Waals surface area contributed by atoms with E-state index >= 15 is 0 Å². The summed E-state index contributed by atoms with van der Waals surface area (Å²) >= 11 is 0. The molecule has 0 aromatic heterocycles. The highest BCUT2D eigenvalue weighted by Crippen LogP contribution is 2.15. The number of Topliss-reactive ketones (excluding diaryl/α,β-unsaturated/α-hetero) is 1. The standard InChI is InChI=1S/C22H37NO3S/c1-2-3-4-5-6-7-8-9-10-11-12-13-14-18-22(24)20-16-15-17-21(19-20)27(23,25)26/h15-17,19H,2-14,18H2,1H3,(H2,23,25,26). The van der Waals surface area contributed by atoms with Crippen LogP contribution in [0.15, 0.2) is 29.2 Å². The summed E-state index contributed by atoms with van der Waals surface area (Å²) in [5.74, 6) is -0.0106. The van der Waals surface area contributed by atoms with E-state index in [1.807, 2.05) is 0 Å². The second-order valence-corrected chi connectivity index (χ2v) is 9.05. The fourth-order valence-corrected chi connectivity index (χ4v) is 3.85. The number of nitrogens with two attached hydrogens (primary N) is 1. The second-order valence-electron chi connectivity index (χ2n) is 7.49. The van der Waals surface area contributed by atoms with Crippen molar-refractivity contribution in [2.75, 3.05) is 0 Å². The second kappa shape index (κ2) is 13.9. The largest absolute Gasteiger partial charge is 0.294 e. The van der Waals surface area contributed by atoms with E-state index in [1.165, 1.54) is 82.8 Å². The maximum Gasteiger partial charge on any atom is 0.238 e. The van der Waals surface area contributed by atoms with E-state index in [4.69, 9.17) is 5.14 Å². The lowest BCUT2D eigenvalue weighted by Crippen LogP contribution is -2.13. The zero-order chi connectivity index (χ0) is 20.0. The number of hydrogen-bond acceptors (Lipinski definition) is 3. The number of rotatable bonds is 16. The van der Waals surface area contributed by atoms with Crippen molar-refractivity contribution in [2.45, 2.75) is 102 Å². The average Bonchev–Trinajstić information content (AvgIpc) is 2.64. The molecule has 0 saturated heterocycles. The maximum absolute atomic E-state index is 12.2. The first-order valence-corrected chi connectivity index (χ1v) is 12.2. The van der Waals surface area contributed by atoms with Crippen molar-refractivity contribution in [3.8, 4) is 0 Å². The summed E-state index contributed by atoms with van der Waals surface area (Å²) in [6.45, 7) is 2.25. The van der Waals surface area contributed by atoms with Gasteiger partial charge in [-0.05, 0) is 18.6 Å². The van der Waals surface area contributed by atoms with Gasteiger partial charge in [0.2, 0.25) is 10.0 Å². The highest BCUT2D eigenvalue weighted by molar-refractivity contribution is 7.89. The fraction of sp³-hybridized carbons (Fsp3) is 0.682. The third kappa shape index (κ3) is 11.3. The molecule has 1 aromatic carbocycles. The maximum atomic E-state index is 12.2. The molecule has 1 aromatic rings. The van der Waals surface area contributed by atoms with Crippen molar-refractivity contribution in [3.05, 3.63) is 29.8 Å². The highest BCUT2D eigenvalue weighted by Gasteiger charge is 2.11. The zero-order valence-electron chi connectivity index (χ0n) is 16.9. The molecule has 154 valence electrons. The number of sulfonamides is 1. The van der Waals surface area contributed by atoms with Gasteiger partial charge in [0.25, 0.3) is 0 Å². The summed E-state index contributed by atoms with van der Waals surface area (Å²) in [4.78, 5) is 12.2. The van der Waals surface area contributed by atoms with Crippen LogP contribution in [0.4, 0.5) is 0 Å². The molecule has 0 amide bonds. The SMILES string of the molecule is CCCCCCCCCCCCCCCC(=O)c1cccc(S(N)(=O)=O)c1. The molecule has 0 unspecified atom stereocenters. The van der Waals surface area contributed by atoms with Crippen LogP contribution in [-0.4, -0.2) is 14.2 Å². The van der Waals surface area contributed by atoms with E-state index in [9.17, 15) is 13.2 Å². The van der Waals surface area contributed by atoms with Crippen molar-refractivity contribution in [1.29, 1.82) is 0 Å². The minimum Gasteiger partial charge on any atom is -0.294 e. The lowest BCUT2D eigenvalue weighted by Gasteiger charge is -2.04. The highest BCUT2D eigenvalue weighted by atomic mass is 32.2. The van der Waals surface area contributed by atoms with E-state index in [0.717, 1.165) is 12.8 Å². The van der Waals surface area contributed by atoms with E-state index in [2.05, 4.69) is 6.92 Å². The molecule has 0 aliphatic heterocycles. The number of benzene rings is 1. The van der Waals surface area contributed by atoms with Crippen molar-refractivity contribution >= 4 is 15.8 Å². The lowest BCUT2D eigenvalue weighted by atomic mass is 10.0. The Bertz CT molecular complexity index is 641. The molecular weight excluding hydrogens is 358 g/mol. The summed E-state index contributed by atoms with van der Waals surface area (Å²) in [6.07, 6.45) is 17.0. The molecule has 0 aliphatic carbocycles. The van der Waals surface area contributed by atoms with Crippen molar-refractivity contribution < 1.29 is 13.2 Å². The molecule has 27 heavy (non-hydrogen) atoms. The molecule has 1 rings (SSSR count). The molecular formula is C22H37NO3S. The smallest absolute Gasteiger partial charge is 0.238 e. The Morgan fingerprint density at radius 1 is 0.815 bits per heavy atom. The molecule has 0 heterocycles. The van der Waals surface area contributed by atoms with Crippen LogP contribution in [0, 0.1) is 0 Å². The molecule has 0 atom stereocenters. The Morgan fingerprint density at radius 3 is 1.78 bits per heavy atom. The van der Waals surface area contributed by atoms with Crippen LogP contribution < -0.4 is 5.14 Å². The fourth-order valence-electron chi connectivity index (χ4n) is 3.29. The molecule has 0 radical (unpaired) electrons. The number of primary sulfonamides is 1. The Labute approximate surface area is 166 Å². The van der Waals surface area contributed by atoms with Gasteiger partial charge < -0.3 is 0 Å². The predicted molar refractivity (Wildman–Crippen MR) is 112 cm³/mol. The van der Waals surface area contributed by atoms with E-state index < -0.39 is 10.0 Å². The molecule has 2 N–H and O–H groups in total. The summed E-state index contributed by atoms with van der Waals surface area (Å²) < 4.78 is 22.7. The Hall–Kier alpha value is -1.20. The molecule has 0 fully saturated rings. The molecule has 0 bridgehead atoms. The number of unbranched alkanes of at least 4 members (excludes halogenated alkanes) is 12. The van der Waals surface area contributed by atoms with Gasteiger partial charge in [-0.15, -0.1) is 0 Å². The van der Waals surface area contributed by atoms with Gasteiger partial charge in [0.05, 0.1) is 4.90 Å². The van der Waals surface area contributed by atoms with E-state index in [-0.39, 0.29) is 10.7 Å². The third-order valence-corrected chi connectivity index (χ3v) is 5.90. The number of ketones is 1. The van der Waals surface area contributed by atoms with Crippen LogP contribution in [0.2, 0.25) is 0 Å². The van der Waals surface area contributed by atoms with Gasteiger partial charge in [-0.2, -0.15) is 0 Å². The Balaban J connectivity index is 2.05. The number of carbonyl (C=O) groups is 1. The van der Waals surface area contributed by atoms with Gasteiger partial charge >= 0.3 is 0 Å². The van der Waals surface area contributed by atoms with Gasteiger partial charge in [-0.25, -0.2) is 13.6 Å². The van der Waals surface area contributed by atoms with Gasteiger partial charge in [0.1, 0.15) is 0 Å². The van der Waals surface area contributed by atoms with Gasteiger partial charge in [-0.1, -0.05) is 96.1 Å². The first kappa shape index (κ1) is 23.8. The van der Waals surface area contributed by atoms with Crippen LogP contribution in [0.25, 0.3) is 0 Å². The minimum absolute atomic E-state index is 0.00119. The van der Waals surface area contributed by atoms with Crippen LogP contribution in [0.5, 0.6) is 0 Å². The normalized spacial score (nSPS) is 11.6. The summed E-state index contributed by atoms with van der Waals surface area (Å²) in [6, 6.07) is 6.01. The van der Waals surface area contributed by atoms with Crippen LogP contribution in [-0.2, 0) is 10.0 Å². The number of hydrogen-bond donors (Lipinski definition) is 1. The predicted octanol–water partition coefficient (Wildman–Crippen LogP) is 6.00. The van der Waals surface area contributed by atoms with Gasteiger partial charge in [0.15, 0.2) is 5.78 Å². The van der Waals surface area contributed by atoms with Crippen molar-refractivity contribution in [2.24, 2.45) is 5.14 Å². The Morgan fingerprint density at radius 2 is 1.30 bits per heavy atom. The van der Waals surface area contributed by atoms with Crippen LogP contribution >= 0.6 is 0 Å². The van der Waals surface area contributed by atoms with Crippen molar-refractivity contribution in [3.63, 3.8) is 0 Å². The lowest BCUT2D eigenvalue weighted by molar-refractivity contribution is 0.0979. The molecule has 5 heteroatoms. The van der Waals surface area contributed by atoms with Crippen molar-refractivity contribution in [1.82, 2.24) is 0 Å². The number of carbonyl (C=O) groups excluding carboxylic acids is 1. The van der Waals surface area contributed by atoms with Gasteiger partial charge in [-0.3, -0.25) is 4.79 Å². The minimum atomic E-state index is -3.76. The quantitative estimate of drug-likeness (QED) is 0.275. The first-order valence-electron chi connectivity index (χ1n) is 10.6. The molecule has 0 spiro atoms. The Kier molecular flexibility index (Phi) is 12.3.